The first kappa shape index (κ1) is 11.1. The average Bonchev–Trinajstić information content (AvgIpc) is 2.69. The minimum Gasteiger partial charge on any atom is -0.619 e. The fourth-order valence-electron chi connectivity index (χ4n) is 1.66. The van der Waals surface area contributed by atoms with Crippen LogP contribution in [-0.2, 0) is 0 Å². The van der Waals surface area contributed by atoms with Crippen LogP contribution >= 0.6 is 22.6 Å². The molecule has 0 amide bonds. The van der Waals surface area contributed by atoms with Crippen molar-refractivity contribution >= 4 is 39.4 Å². The maximum Gasteiger partial charge on any atom is 0.182 e. The van der Waals surface area contributed by atoms with E-state index in [1.807, 2.05) is 0 Å². The second-order valence-corrected chi connectivity index (χ2v) is 4.60. The number of aromatic nitrogens is 5. The number of nitrogens with two attached hydrogens (primary N) is 1. The van der Waals surface area contributed by atoms with E-state index in [-0.39, 0.29) is 0 Å². The molecule has 0 radical (unpaired) electrons. The van der Waals surface area contributed by atoms with Crippen LogP contribution in [0.2, 0.25) is 0 Å². The van der Waals surface area contributed by atoms with E-state index < -0.39 is 0 Å². The third-order valence-corrected chi connectivity index (χ3v) is 3.24. The average molecular weight is 354 g/mol. The first-order valence-electron chi connectivity index (χ1n) is 5.01. The van der Waals surface area contributed by atoms with Crippen LogP contribution in [0.1, 0.15) is 0 Å². The minimum atomic E-state index is 0.394. The van der Waals surface area contributed by atoms with E-state index in [4.69, 9.17) is 5.73 Å². The predicted octanol–water partition coefficient (Wildman–Crippen LogP) is 0.636. The Morgan fingerprint density at radius 2 is 2.00 bits per heavy atom. The highest BCUT2D eigenvalue weighted by Gasteiger charge is 2.14. The van der Waals surface area contributed by atoms with Crippen molar-refractivity contribution in [2.75, 3.05) is 5.73 Å². The smallest absolute Gasteiger partial charge is 0.182 e. The number of rotatable bonds is 1. The summed E-state index contributed by atoms with van der Waals surface area (Å²) in [5.41, 5.74) is 7.17. The number of fused-ring (bicyclic) bond motifs is 1. The zero-order chi connectivity index (χ0) is 12.7. The molecule has 0 aliphatic heterocycles. The summed E-state index contributed by atoms with van der Waals surface area (Å²) in [7, 11) is 0. The number of nitrogen functional groups attached to an aromatic ring is 1. The molecule has 0 spiro atoms. The zero-order valence-corrected chi connectivity index (χ0v) is 11.1. The molecular weight excluding hydrogens is 347 g/mol. The molecule has 0 bridgehead atoms. The minimum absolute atomic E-state index is 0.394. The molecule has 0 fully saturated rings. The number of hydrogen-bond donors (Lipinski definition) is 1. The molecule has 3 heterocycles. The van der Waals surface area contributed by atoms with Gasteiger partial charge in [-0.1, -0.05) is 0 Å². The molecule has 3 rings (SSSR count). The SMILES string of the molecule is Nc1ncnc2c1c(I)nn2-c1cc[n+]([O-])cc1. The van der Waals surface area contributed by atoms with Gasteiger partial charge in [-0.05, 0) is 22.6 Å². The van der Waals surface area contributed by atoms with Gasteiger partial charge in [-0.2, -0.15) is 9.83 Å². The molecule has 3 aromatic rings. The van der Waals surface area contributed by atoms with Crippen LogP contribution in [0.25, 0.3) is 16.7 Å². The molecule has 7 nitrogen and oxygen atoms in total. The summed E-state index contributed by atoms with van der Waals surface area (Å²) in [5, 5.41) is 16.1. The van der Waals surface area contributed by atoms with Crippen LogP contribution in [-0.4, -0.2) is 19.7 Å². The second-order valence-electron chi connectivity index (χ2n) is 3.58. The third kappa shape index (κ3) is 1.65. The Hall–Kier alpha value is -1.97. The number of nitrogens with zero attached hydrogens (tertiary/aromatic N) is 5. The lowest BCUT2D eigenvalue weighted by atomic mass is 10.4. The Balaban J connectivity index is 2.30. The highest BCUT2D eigenvalue weighted by molar-refractivity contribution is 14.1. The normalized spacial score (nSPS) is 10.9. The molecule has 3 aromatic heterocycles. The highest BCUT2D eigenvalue weighted by atomic mass is 127. The molecule has 2 N–H and O–H groups in total. The Labute approximate surface area is 115 Å². The summed E-state index contributed by atoms with van der Waals surface area (Å²) < 4.78 is 3.07. The summed E-state index contributed by atoms with van der Waals surface area (Å²) in [5.74, 6) is 0.394. The topological polar surface area (TPSA) is 96.6 Å². The quantitative estimate of drug-likeness (QED) is 0.393. The van der Waals surface area contributed by atoms with Gasteiger partial charge in [0.05, 0.1) is 11.1 Å². The molecular formula is C10H7IN6O. The van der Waals surface area contributed by atoms with Gasteiger partial charge < -0.3 is 10.9 Å². The fourth-order valence-corrected chi connectivity index (χ4v) is 2.39. The van der Waals surface area contributed by atoms with E-state index in [0.29, 0.717) is 16.2 Å². The molecule has 0 saturated heterocycles. The van der Waals surface area contributed by atoms with Gasteiger partial charge >= 0.3 is 0 Å². The molecule has 18 heavy (non-hydrogen) atoms. The van der Waals surface area contributed by atoms with E-state index in [9.17, 15) is 5.21 Å². The summed E-state index contributed by atoms with van der Waals surface area (Å²) in [6.45, 7) is 0. The molecule has 0 aromatic carbocycles. The first-order valence-corrected chi connectivity index (χ1v) is 6.08. The summed E-state index contributed by atoms with van der Waals surface area (Å²) in [6.07, 6.45) is 4.20. The Bertz CT molecular complexity index is 723. The van der Waals surface area contributed by atoms with E-state index in [1.165, 1.54) is 18.7 Å². The van der Waals surface area contributed by atoms with Crippen LogP contribution in [0, 0.1) is 8.91 Å². The molecule has 0 saturated carbocycles. The van der Waals surface area contributed by atoms with Gasteiger partial charge in [0.1, 0.15) is 15.8 Å². The molecule has 0 atom stereocenters. The van der Waals surface area contributed by atoms with Crippen molar-refractivity contribution in [1.29, 1.82) is 0 Å². The van der Waals surface area contributed by atoms with Crippen LogP contribution in [0.3, 0.4) is 0 Å². The van der Waals surface area contributed by atoms with Crippen LogP contribution in [0.5, 0.6) is 0 Å². The van der Waals surface area contributed by atoms with Crippen molar-refractivity contribution in [2.24, 2.45) is 0 Å². The van der Waals surface area contributed by atoms with Gasteiger partial charge in [-0.15, -0.1) is 0 Å². The van der Waals surface area contributed by atoms with Crippen LogP contribution in [0.4, 0.5) is 5.82 Å². The van der Waals surface area contributed by atoms with Crippen LogP contribution in [0.15, 0.2) is 30.9 Å². The lowest BCUT2D eigenvalue weighted by molar-refractivity contribution is -0.605. The Morgan fingerprint density at radius 3 is 2.72 bits per heavy atom. The highest BCUT2D eigenvalue weighted by Crippen LogP contribution is 2.24. The largest absolute Gasteiger partial charge is 0.619 e. The molecule has 0 unspecified atom stereocenters. The number of halogens is 1. The van der Waals surface area contributed by atoms with Crippen molar-refractivity contribution in [3.8, 4) is 5.69 Å². The van der Waals surface area contributed by atoms with Gasteiger partial charge in [0.2, 0.25) is 0 Å². The lowest BCUT2D eigenvalue weighted by Gasteiger charge is -2.02. The number of anilines is 1. The third-order valence-electron chi connectivity index (χ3n) is 2.48. The molecule has 90 valence electrons. The fraction of sp³-hybridized carbons (Fsp3) is 0. The van der Waals surface area contributed by atoms with Crippen molar-refractivity contribution < 1.29 is 4.73 Å². The van der Waals surface area contributed by atoms with Gasteiger partial charge in [0, 0.05) is 12.1 Å². The van der Waals surface area contributed by atoms with E-state index in [0.717, 1.165) is 14.8 Å². The summed E-state index contributed by atoms with van der Waals surface area (Å²) in [4.78, 5) is 8.12. The molecule has 0 aliphatic carbocycles. The Kier molecular flexibility index (Phi) is 2.51. The number of hydrogen-bond acceptors (Lipinski definition) is 5. The van der Waals surface area contributed by atoms with Crippen molar-refractivity contribution in [1.82, 2.24) is 19.7 Å². The van der Waals surface area contributed by atoms with E-state index in [1.54, 1.807) is 16.8 Å². The van der Waals surface area contributed by atoms with Gasteiger partial charge in [0.25, 0.3) is 0 Å². The van der Waals surface area contributed by atoms with Gasteiger partial charge in [-0.3, -0.25) is 0 Å². The first-order chi connectivity index (χ1) is 8.66. The summed E-state index contributed by atoms with van der Waals surface area (Å²) in [6, 6.07) is 3.32. The zero-order valence-electron chi connectivity index (χ0n) is 8.99. The van der Waals surface area contributed by atoms with Crippen molar-refractivity contribution in [3.63, 3.8) is 0 Å². The maximum absolute atomic E-state index is 11.0. The van der Waals surface area contributed by atoms with Crippen molar-refractivity contribution in [3.05, 3.63) is 39.8 Å². The van der Waals surface area contributed by atoms with Gasteiger partial charge in [-0.25, -0.2) is 14.6 Å². The van der Waals surface area contributed by atoms with Crippen LogP contribution < -0.4 is 10.5 Å². The molecule has 0 aliphatic rings. The predicted molar refractivity (Wildman–Crippen MR) is 72.7 cm³/mol. The van der Waals surface area contributed by atoms with Crippen molar-refractivity contribution in [2.45, 2.75) is 0 Å². The molecule has 8 heteroatoms. The standard InChI is InChI=1S/C10H7IN6O/c11-8-7-9(12)13-5-14-10(7)17(15-8)6-1-3-16(18)4-2-6/h1-5H,(H2,12,13,14). The summed E-state index contributed by atoms with van der Waals surface area (Å²) >= 11 is 2.08. The maximum atomic E-state index is 11.0. The Morgan fingerprint density at radius 1 is 1.28 bits per heavy atom. The number of pyridine rings is 1. The second kappa shape index (κ2) is 4.05. The van der Waals surface area contributed by atoms with E-state index in [2.05, 4.69) is 37.7 Å². The van der Waals surface area contributed by atoms with Gasteiger partial charge in [0.15, 0.2) is 18.0 Å². The monoisotopic (exact) mass is 354 g/mol. The van der Waals surface area contributed by atoms with E-state index >= 15 is 0 Å². The lowest BCUT2D eigenvalue weighted by Crippen LogP contribution is -2.23.